The molecule has 1 aromatic rings. The van der Waals surface area contributed by atoms with Gasteiger partial charge in [-0.1, -0.05) is 6.08 Å². The lowest BCUT2D eigenvalue weighted by molar-refractivity contribution is 1.26. The molecule has 0 unspecified atom stereocenters. The summed E-state index contributed by atoms with van der Waals surface area (Å²) in [4.78, 5) is 6.93. The van der Waals surface area contributed by atoms with Crippen molar-refractivity contribution in [3.05, 3.63) is 31.2 Å². The van der Waals surface area contributed by atoms with Gasteiger partial charge in [0.15, 0.2) is 0 Å². The van der Waals surface area contributed by atoms with Gasteiger partial charge >= 0.3 is 0 Å². The van der Waals surface area contributed by atoms with Crippen molar-refractivity contribution in [3.63, 3.8) is 0 Å². The fourth-order valence-electron chi connectivity index (χ4n) is 0.564. The third-order valence-electron chi connectivity index (χ3n) is 0.962. The van der Waals surface area contributed by atoms with E-state index in [4.69, 9.17) is 0 Å². The zero-order chi connectivity index (χ0) is 6.53. The van der Waals surface area contributed by atoms with E-state index in [0.717, 1.165) is 12.2 Å². The number of imidazole rings is 1. The van der Waals surface area contributed by atoms with E-state index < -0.39 is 0 Å². The SMILES string of the molecule is [CH2]CC=Cc1ncc[nH]1. The molecule has 2 heteroatoms. The number of rotatable bonds is 2. The van der Waals surface area contributed by atoms with Crippen molar-refractivity contribution in [2.45, 2.75) is 6.42 Å². The highest BCUT2D eigenvalue weighted by Gasteiger charge is 1.81. The molecule has 2 nitrogen and oxygen atoms in total. The molecule has 47 valence electrons. The van der Waals surface area contributed by atoms with Crippen molar-refractivity contribution in [1.29, 1.82) is 0 Å². The van der Waals surface area contributed by atoms with Crippen LogP contribution in [-0.4, -0.2) is 9.97 Å². The highest BCUT2D eigenvalue weighted by atomic mass is 14.9. The molecule has 0 fully saturated rings. The molecular weight excluding hydrogens is 112 g/mol. The quantitative estimate of drug-likeness (QED) is 0.633. The fraction of sp³-hybridized carbons (Fsp3) is 0.143. The van der Waals surface area contributed by atoms with Crippen molar-refractivity contribution in [2.75, 3.05) is 0 Å². The fourth-order valence-corrected chi connectivity index (χ4v) is 0.564. The van der Waals surface area contributed by atoms with Crippen molar-refractivity contribution in [1.82, 2.24) is 9.97 Å². The Morgan fingerprint density at radius 2 is 2.67 bits per heavy atom. The van der Waals surface area contributed by atoms with Crippen LogP contribution in [0, 0.1) is 6.92 Å². The second kappa shape index (κ2) is 3.07. The minimum atomic E-state index is 0.806. The Morgan fingerprint density at radius 3 is 3.22 bits per heavy atom. The van der Waals surface area contributed by atoms with Gasteiger partial charge in [-0.25, -0.2) is 4.98 Å². The molecule has 0 amide bonds. The Bertz CT molecular complexity index is 175. The Hall–Kier alpha value is -1.05. The highest BCUT2D eigenvalue weighted by Crippen LogP contribution is 1.92. The average Bonchev–Trinajstić information content (AvgIpc) is 2.34. The highest BCUT2D eigenvalue weighted by molar-refractivity contribution is 5.38. The number of hydrogen-bond acceptors (Lipinski definition) is 1. The Kier molecular flexibility index (Phi) is 2.07. The summed E-state index contributed by atoms with van der Waals surface area (Å²) in [6.07, 6.45) is 8.19. The molecule has 0 spiro atoms. The van der Waals surface area contributed by atoms with Gasteiger partial charge in [0.25, 0.3) is 0 Å². The first kappa shape index (κ1) is 6.08. The molecule has 0 saturated carbocycles. The number of aromatic nitrogens is 2. The van der Waals surface area contributed by atoms with Crippen molar-refractivity contribution in [3.8, 4) is 0 Å². The first-order valence-corrected chi connectivity index (χ1v) is 2.88. The lowest BCUT2D eigenvalue weighted by Gasteiger charge is -1.79. The van der Waals surface area contributed by atoms with Crippen LogP contribution in [0.4, 0.5) is 0 Å². The van der Waals surface area contributed by atoms with Crippen molar-refractivity contribution in [2.24, 2.45) is 0 Å². The van der Waals surface area contributed by atoms with Crippen LogP contribution in [0.2, 0.25) is 0 Å². The zero-order valence-electron chi connectivity index (χ0n) is 5.17. The smallest absolute Gasteiger partial charge is 0.129 e. The van der Waals surface area contributed by atoms with Crippen LogP contribution in [0.3, 0.4) is 0 Å². The summed E-state index contributed by atoms with van der Waals surface area (Å²) in [7, 11) is 0. The summed E-state index contributed by atoms with van der Waals surface area (Å²) < 4.78 is 0. The summed E-state index contributed by atoms with van der Waals surface area (Å²) in [5.74, 6) is 0.888. The van der Waals surface area contributed by atoms with Gasteiger partial charge in [-0.05, 0) is 19.4 Å². The number of aromatic amines is 1. The molecule has 1 heterocycles. The monoisotopic (exact) mass is 121 g/mol. The Labute approximate surface area is 54.6 Å². The second-order valence-electron chi connectivity index (χ2n) is 1.67. The predicted octanol–water partition coefficient (Wildman–Crippen LogP) is 1.65. The van der Waals surface area contributed by atoms with E-state index in [1.807, 2.05) is 12.2 Å². The minimum absolute atomic E-state index is 0.806. The lowest BCUT2D eigenvalue weighted by atomic mass is 10.4. The topological polar surface area (TPSA) is 28.7 Å². The van der Waals surface area contributed by atoms with Crippen LogP contribution in [-0.2, 0) is 0 Å². The largest absolute Gasteiger partial charge is 0.345 e. The van der Waals surface area contributed by atoms with E-state index in [9.17, 15) is 0 Å². The van der Waals surface area contributed by atoms with E-state index in [1.165, 1.54) is 0 Å². The van der Waals surface area contributed by atoms with Crippen molar-refractivity contribution < 1.29 is 0 Å². The maximum absolute atomic E-state index is 3.98. The molecule has 0 aliphatic carbocycles. The summed E-state index contributed by atoms with van der Waals surface area (Å²) in [6, 6.07) is 0. The first-order valence-electron chi connectivity index (χ1n) is 2.88. The number of nitrogens with one attached hydrogen (secondary N) is 1. The molecule has 0 bridgehead atoms. The summed E-state index contributed by atoms with van der Waals surface area (Å²) in [6.45, 7) is 3.66. The molecule has 0 aliphatic heterocycles. The number of hydrogen-bond donors (Lipinski definition) is 1. The number of allylic oxidation sites excluding steroid dienone is 1. The zero-order valence-corrected chi connectivity index (χ0v) is 5.17. The van der Waals surface area contributed by atoms with Crippen LogP contribution in [0.15, 0.2) is 18.5 Å². The van der Waals surface area contributed by atoms with Crippen LogP contribution in [0.1, 0.15) is 12.2 Å². The van der Waals surface area contributed by atoms with Gasteiger partial charge in [-0.2, -0.15) is 0 Å². The summed E-state index contributed by atoms with van der Waals surface area (Å²) in [5.41, 5.74) is 0. The first-order chi connectivity index (χ1) is 4.43. The van der Waals surface area contributed by atoms with E-state index in [-0.39, 0.29) is 0 Å². The summed E-state index contributed by atoms with van der Waals surface area (Å²) >= 11 is 0. The third-order valence-corrected chi connectivity index (χ3v) is 0.962. The molecule has 1 radical (unpaired) electrons. The van der Waals surface area contributed by atoms with Gasteiger partial charge in [-0.15, -0.1) is 0 Å². The lowest BCUT2D eigenvalue weighted by Crippen LogP contribution is -1.70. The molecule has 0 atom stereocenters. The molecule has 1 aromatic heterocycles. The molecule has 1 rings (SSSR count). The minimum Gasteiger partial charge on any atom is -0.345 e. The van der Waals surface area contributed by atoms with Gasteiger partial charge in [0.05, 0.1) is 0 Å². The van der Waals surface area contributed by atoms with Crippen LogP contribution < -0.4 is 0 Å². The van der Waals surface area contributed by atoms with Crippen molar-refractivity contribution >= 4 is 6.08 Å². The van der Waals surface area contributed by atoms with Gasteiger partial charge in [0, 0.05) is 12.4 Å². The van der Waals surface area contributed by atoms with Crippen LogP contribution >= 0.6 is 0 Å². The van der Waals surface area contributed by atoms with Gasteiger partial charge in [0.1, 0.15) is 5.82 Å². The third kappa shape index (κ3) is 1.72. The number of nitrogens with zero attached hydrogens (tertiary/aromatic N) is 1. The van der Waals surface area contributed by atoms with Gasteiger partial charge in [-0.3, -0.25) is 0 Å². The van der Waals surface area contributed by atoms with Crippen LogP contribution in [0.25, 0.3) is 6.08 Å². The van der Waals surface area contributed by atoms with E-state index in [2.05, 4.69) is 16.9 Å². The normalized spacial score (nSPS) is 10.8. The maximum atomic E-state index is 3.98. The predicted molar refractivity (Wildman–Crippen MR) is 37.6 cm³/mol. The molecule has 9 heavy (non-hydrogen) atoms. The van der Waals surface area contributed by atoms with E-state index >= 15 is 0 Å². The second-order valence-corrected chi connectivity index (χ2v) is 1.67. The average molecular weight is 121 g/mol. The van der Waals surface area contributed by atoms with Crippen LogP contribution in [0.5, 0.6) is 0 Å². The Balaban J connectivity index is 2.57. The maximum Gasteiger partial charge on any atom is 0.129 e. The molecular formula is C7H9N2. The van der Waals surface area contributed by atoms with E-state index in [0.29, 0.717) is 0 Å². The molecule has 0 aromatic carbocycles. The molecule has 0 aliphatic rings. The molecule has 1 N–H and O–H groups in total. The van der Waals surface area contributed by atoms with Gasteiger partial charge < -0.3 is 4.98 Å². The molecule has 0 saturated heterocycles. The Morgan fingerprint density at radius 1 is 1.78 bits per heavy atom. The van der Waals surface area contributed by atoms with Gasteiger partial charge in [0.2, 0.25) is 0 Å². The number of H-pyrrole nitrogens is 1. The standard InChI is InChI=1S/C7H9N2/c1-2-3-4-7-8-5-6-9-7/h3-6H,1-2H2,(H,8,9). The summed E-state index contributed by atoms with van der Waals surface area (Å²) in [5, 5.41) is 0. The van der Waals surface area contributed by atoms with E-state index in [1.54, 1.807) is 12.4 Å².